The predicted molar refractivity (Wildman–Crippen MR) is 130 cm³/mol. The van der Waals surface area contributed by atoms with Crippen molar-refractivity contribution in [3.8, 4) is 5.69 Å². The fourth-order valence-corrected chi connectivity index (χ4v) is 4.34. The van der Waals surface area contributed by atoms with Crippen LogP contribution in [0.25, 0.3) is 5.69 Å². The van der Waals surface area contributed by atoms with E-state index in [2.05, 4.69) is 28.9 Å². The maximum absolute atomic E-state index is 13.5. The van der Waals surface area contributed by atoms with Crippen LogP contribution in [-0.4, -0.2) is 57.4 Å². The highest BCUT2D eigenvalue weighted by atomic mass is 32.1. The van der Waals surface area contributed by atoms with Gasteiger partial charge in [-0.1, -0.05) is 30.3 Å². The first-order chi connectivity index (χ1) is 15.9. The molecule has 1 unspecified atom stereocenters. The van der Waals surface area contributed by atoms with Crippen molar-refractivity contribution in [2.75, 3.05) is 27.2 Å². The minimum absolute atomic E-state index is 0.0510. The average Bonchev–Trinajstić information content (AvgIpc) is 3.15. The van der Waals surface area contributed by atoms with E-state index in [4.69, 9.17) is 22.1 Å². The third-order valence-electron chi connectivity index (χ3n) is 6.29. The zero-order valence-electron chi connectivity index (χ0n) is 19.5. The van der Waals surface area contributed by atoms with Gasteiger partial charge in [0.2, 0.25) is 4.77 Å². The zero-order chi connectivity index (χ0) is 23.4. The molecule has 3 aromatic rings. The van der Waals surface area contributed by atoms with Crippen LogP contribution >= 0.6 is 12.2 Å². The summed E-state index contributed by atoms with van der Waals surface area (Å²) in [6.45, 7) is 5.25. The third kappa shape index (κ3) is 5.76. The standard InChI is InChI=1S/C25H32FN5OS/c1-19(28(2)3)24-27-30(25(33)31(24)22-11-9-21(26)10-12-22)18-29-15-13-23(14-16-29)32-17-20-7-5-4-6-8-20/h4-12,19,23H,13-18H2,1-3H3. The number of benzene rings is 2. The van der Waals surface area contributed by atoms with Crippen molar-refractivity contribution >= 4 is 12.2 Å². The van der Waals surface area contributed by atoms with E-state index in [1.807, 2.05) is 41.5 Å². The SMILES string of the molecule is CC(c1nn(CN2CCC(OCc3ccccc3)CC2)c(=S)n1-c1ccc(F)cc1)N(C)C. The number of aromatic nitrogens is 3. The van der Waals surface area contributed by atoms with Crippen LogP contribution in [0.2, 0.25) is 0 Å². The Morgan fingerprint density at radius 3 is 2.39 bits per heavy atom. The number of ether oxygens (including phenoxy) is 1. The van der Waals surface area contributed by atoms with Crippen molar-refractivity contribution in [1.82, 2.24) is 24.1 Å². The number of hydrogen-bond acceptors (Lipinski definition) is 5. The maximum Gasteiger partial charge on any atom is 0.203 e. The largest absolute Gasteiger partial charge is 0.373 e. The van der Waals surface area contributed by atoms with Gasteiger partial charge in [0.25, 0.3) is 0 Å². The lowest BCUT2D eigenvalue weighted by Gasteiger charge is -2.31. The van der Waals surface area contributed by atoms with Crippen LogP contribution in [0.4, 0.5) is 4.39 Å². The van der Waals surface area contributed by atoms with E-state index >= 15 is 0 Å². The molecule has 0 spiro atoms. The zero-order valence-corrected chi connectivity index (χ0v) is 20.3. The van der Waals surface area contributed by atoms with E-state index in [9.17, 15) is 4.39 Å². The summed E-state index contributed by atoms with van der Waals surface area (Å²) in [6, 6.07) is 16.8. The van der Waals surface area contributed by atoms with Gasteiger partial charge in [-0.25, -0.2) is 9.07 Å². The Bertz CT molecular complexity index is 1090. The minimum Gasteiger partial charge on any atom is -0.373 e. The van der Waals surface area contributed by atoms with Crippen molar-refractivity contribution < 1.29 is 9.13 Å². The highest BCUT2D eigenvalue weighted by Crippen LogP contribution is 2.23. The van der Waals surface area contributed by atoms with E-state index in [1.54, 1.807) is 12.1 Å². The van der Waals surface area contributed by atoms with Crippen molar-refractivity contribution in [3.63, 3.8) is 0 Å². The Morgan fingerprint density at radius 2 is 1.76 bits per heavy atom. The summed E-state index contributed by atoms with van der Waals surface area (Å²) in [6.07, 6.45) is 2.25. The molecular formula is C25H32FN5OS. The summed E-state index contributed by atoms with van der Waals surface area (Å²) < 4.78 is 24.1. The normalized spacial score (nSPS) is 16.4. The summed E-state index contributed by atoms with van der Waals surface area (Å²) in [7, 11) is 4.03. The molecule has 8 heteroatoms. The van der Waals surface area contributed by atoms with Gasteiger partial charge < -0.3 is 4.74 Å². The minimum atomic E-state index is -0.266. The lowest BCUT2D eigenvalue weighted by atomic mass is 10.1. The van der Waals surface area contributed by atoms with Crippen molar-refractivity contribution in [1.29, 1.82) is 0 Å². The molecule has 2 heterocycles. The molecule has 0 bridgehead atoms. The Kier molecular flexibility index (Phi) is 7.70. The summed E-state index contributed by atoms with van der Waals surface area (Å²) in [5, 5.41) is 4.89. The quantitative estimate of drug-likeness (QED) is 0.443. The smallest absolute Gasteiger partial charge is 0.203 e. The van der Waals surface area contributed by atoms with Crippen molar-refractivity contribution in [2.24, 2.45) is 0 Å². The molecule has 0 aliphatic carbocycles. The maximum atomic E-state index is 13.5. The molecule has 1 aliphatic rings. The lowest BCUT2D eigenvalue weighted by molar-refractivity contribution is -0.00922. The van der Waals surface area contributed by atoms with E-state index in [1.165, 1.54) is 17.7 Å². The molecule has 0 N–H and O–H groups in total. The molecule has 4 rings (SSSR count). The molecule has 1 aliphatic heterocycles. The fraction of sp³-hybridized carbons (Fsp3) is 0.440. The number of piperidine rings is 1. The Balaban J connectivity index is 1.44. The van der Waals surface area contributed by atoms with Crippen molar-refractivity contribution in [2.45, 2.75) is 45.2 Å². The number of likely N-dealkylation sites (tertiary alicyclic amines) is 1. The van der Waals surface area contributed by atoms with Crippen LogP contribution in [0.15, 0.2) is 54.6 Å². The summed E-state index contributed by atoms with van der Waals surface area (Å²) >= 11 is 5.82. The van der Waals surface area contributed by atoms with E-state index in [-0.39, 0.29) is 18.0 Å². The molecule has 0 radical (unpaired) electrons. The van der Waals surface area contributed by atoms with Gasteiger partial charge in [0, 0.05) is 18.8 Å². The molecule has 1 aromatic heterocycles. The molecule has 1 saturated heterocycles. The molecule has 0 saturated carbocycles. The van der Waals surface area contributed by atoms with Crippen molar-refractivity contribution in [3.05, 3.63) is 76.6 Å². The van der Waals surface area contributed by atoms with Crippen LogP contribution in [0.5, 0.6) is 0 Å². The van der Waals surface area contributed by atoms with Crippen LogP contribution in [0, 0.1) is 10.6 Å². The highest BCUT2D eigenvalue weighted by molar-refractivity contribution is 7.71. The lowest BCUT2D eigenvalue weighted by Crippen LogP contribution is -2.38. The van der Waals surface area contributed by atoms with Gasteiger partial charge >= 0.3 is 0 Å². The molecule has 1 atom stereocenters. The summed E-state index contributed by atoms with van der Waals surface area (Å²) in [4.78, 5) is 4.46. The second kappa shape index (κ2) is 10.7. The first-order valence-electron chi connectivity index (χ1n) is 11.4. The molecule has 0 amide bonds. The molecule has 1 fully saturated rings. The van der Waals surface area contributed by atoms with Gasteiger partial charge in [-0.2, -0.15) is 5.10 Å². The van der Waals surface area contributed by atoms with Crippen LogP contribution in [0.1, 0.15) is 37.2 Å². The Labute approximate surface area is 200 Å². The number of halogens is 1. The second-order valence-electron chi connectivity index (χ2n) is 8.85. The van der Waals surface area contributed by atoms with Crippen LogP contribution in [-0.2, 0) is 18.0 Å². The van der Waals surface area contributed by atoms with Gasteiger partial charge in [-0.05, 0) is 75.9 Å². The van der Waals surface area contributed by atoms with E-state index in [0.29, 0.717) is 18.0 Å². The van der Waals surface area contributed by atoms with E-state index < -0.39 is 0 Å². The molecule has 6 nitrogen and oxygen atoms in total. The summed E-state index contributed by atoms with van der Waals surface area (Å²) in [5.41, 5.74) is 2.03. The Morgan fingerprint density at radius 1 is 1.09 bits per heavy atom. The topological polar surface area (TPSA) is 38.5 Å². The number of nitrogens with zero attached hydrogens (tertiary/aromatic N) is 5. The van der Waals surface area contributed by atoms with Crippen LogP contribution in [0.3, 0.4) is 0 Å². The van der Waals surface area contributed by atoms with Gasteiger partial charge in [0.05, 0.1) is 25.4 Å². The van der Waals surface area contributed by atoms with Gasteiger partial charge in [-0.3, -0.25) is 14.4 Å². The molecule has 176 valence electrons. The first kappa shape index (κ1) is 23.8. The number of hydrogen-bond donors (Lipinski definition) is 0. The van der Waals surface area contributed by atoms with Crippen LogP contribution < -0.4 is 0 Å². The molecule has 2 aromatic carbocycles. The fourth-order valence-electron chi connectivity index (χ4n) is 4.05. The second-order valence-corrected chi connectivity index (χ2v) is 9.21. The first-order valence-corrected chi connectivity index (χ1v) is 11.8. The van der Waals surface area contributed by atoms with E-state index in [0.717, 1.165) is 37.4 Å². The summed E-state index contributed by atoms with van der Waals surface area (Å²) in [5.74, 6) is 0.579. The number of rotatable bonds is 8. The van der Waals surface area contributed by atoms with Gasteiger partial charge in [-0.15, -0.1) is 0 Å². The predicted octanol–water partition coefficient (Wildman–Crippen LogP) is 4.80. The molecular weight excluding hydrogens is 437 g/mol. The Hall–Kier alpha value is -2.39. The highest BCUT2D eigenvalue weighted by Gasteiger charge is 2.23. The van der Waals surface area contributed by atoms with Gasteiger partial charge in [0.15, 0.2) is 5.82 Å². The van der Waals surface area contributed by atoms with Gasteiger partial charge in [0.1, 0.15) is 5.82 Å². The third-order valence-corrected chi connectivity index (χ3v) is 6.69. The average molecular weight is 470 g/mol. The molecule has 33 heavy (non-hydrogen) atoms. The monoisotopic (exact) mass is 469 g/mol.